The predicted octanol–water partition coefficient (Wildman–Crippen LogP) is 3.81. The standard InChI is InChI=1S/C33H35N5O7/c1-3-44-29(40)17-16-27(32(43)45-4-2)35-30(41)23-11-13-24(14-12-23)38(20-28(39)22-8-6-5-7-9-22)19-21-10-15-26-25(18-21)31(42)37-33(34)36-26/h5-15,18,27H,3-4,16-17,19-20H2,1-2H3,(H,35,41)(H3,34,36,37,42)/t27-/m1/s1. The number of nitrogens with one attached hydrogen (secondary N) is 1. The molecular weight excluding hydrogens is 578 g/mol. The second-order valence-corrected chi connectivity index (χ2v) is 10.1. The van der Waals surface area contributed by atoms with Gasteiger partial charge in [-0.05, 0) is 62.2 Å². The van der Waals surface area contributed by atoms with E-state index in [-0.39, 0.29) is 62.3 Å². The van der Waals surface area contributed by atoms with Gasteiger partial charge in [0.2, 0.25) is 11.8 Å². The average Bonchev–Trinajstić information content (AvgIpc) is 3.03. The number of carbonyl (C=O) groups excluding carboxylic acids is 4. The highest BCUT2D eigenvalue weighted by atomic mass is 16.5. The minimum atomic E-state index is -1.04. The van der Waals surface area contributed by atoms with Gasteiger partial charge in [0.05, 0.1) is 30.7 Å². The van der Waals surface area contributed by atoms with Gasteiger partial charge in [0, 0.05) is 29.8 Å². The molecule has 3 aromatic carbocycles. The lowest BCUT2D eigenvalue weighted by molar-refractivity contribution is -0.146. The van der Waals surface area contributed by atoms with Gasteiger partial charge in [-0.3, -0.25) is 14.4 Å². The average molecular weight is 614 g/mol. The first-order valence-electron chi connectivity index (χ1n) is 14.5. The predicted molar refractivity (Wildman–Crippen MR) is 168 cm³/mol. The number of Topliss-reactive ketones (excluding diaryl/α,β-unsaturated/α-hetero) is 1. The van der Waals surface area contributed by atoms with Crippen molar-refractivity contribution in [2.24, 2.45) is 0 Å². The van der Waals surface area contributed by atoms with Crippen molar-refractivity contribution in [2.45, 2.75) is 39.3 Å². The fourth-order valence-electron chi connectivity index (χ4n) is 4.68. The Balaban J connectivity index is 1.56. The van der Waals surface area contributed by atoms with Gasteiger partial charge >= 0.3 is 11.9 Å². The Bertz CT molecular complexity index is 1660. The zero-order valence-corrected chi connectivity index (χ0v) is 25.1. The van der Waals surface area contributed by atoms with Gasteiger partial charge < -0.3 is 30.5 Å². The minimum absolute atomic E-state index is 0.0236. The number of nitrogens with two attached hydrogens (primary N) is 1. The Labute approximate surface area is 260 Å². The molecule has 0 aliphatic rings. The van der Waals surface area contributed by atoms with Gasteiger partial charge in [0.15, 0.2) is 5.78 Å². The molecule has 4 rings (SSSR count). The van der Waals surface area contributed by atoms with Gasteiger partial charge in [0.25, 0.3) is 5.91 Å². The Hall–Kier alpha value is -5.52. The van der Waals surface area contributed by atoms with Crippen molar-refractivity contribution in [2.75, 3.05) is 30.4 Å². The maximum absolute atomic E-state index is 13.2. The summed E-state index contributed by atoms with van der Waals surface area (Å²) >= 11 is 0. The highest BCUT2D eigenvalue weighted by Crippen LogP contribution is 2.26. The zero-order valence-electron chi connectivity index (χ0n) is 25.1. The molecule has 234 valence electrons. The summed E-state index contributed by atoms with van der Waals surface area (Å²) in [5.41, 5.74) is 8.38. The van der Waals surface area contributed by atoms with E-state index >= 15 is 0 Å². The number of fused-ring (bicyclic) bond motifs is 1. The Morgan fingerprint density at radius 1 is 0.911 bits per heavy atom. The number of hydrogen-bond acceptors (Lipinski definition) is 11. The van der Waals surface area contributed by atoms with Crippen LogP contribution in [0.5, 0.6) is 5.88 Å². The second-order valence-electron chi connectivity index (χ2n) is 10.1. The maximum Gasteiger partial charge on any atom is 0.328 e. The van der Waals surface area contributed by atoms with Crippen LogP contribution in [0.2, 0.25) is 0 Å². The molecule has 0 spiro atoms. The number of aromatic hydroxyl groups is 1. The number of nitrogen functional groups attached to an aromatic ring is 1. The van der Waals surface area contributed by atoms with Gasteiger partial charge in [0.1, 0.15) is 6.04 Å². The summed E-state index contributed by atoms with van der Waals surface area (Å²) in [6.07, 6.45) is -0.0389. The van der Waals surface area contributed by atoms with E-state index in [1.807, 2.05) is 17.0 Å². The van der Waals surface area contributed by atoms with Crippen molar-refractivity contribution in [1.82, 2.24) is 15.3 Å². The maximum atomic E-state index is 13.2. The molecule has 0 saturated heterocycles. The molecular formula is C33H35N5O7. The molecule has 0 fully saturated rings. The Morgan fingerprint density at radius 3 is 2.31 bits per heavy atom. The van der Waals surface area contributed by atoms with Crippen LogP contribution in [0.3, 0.4) is 0 Å². The zero-order chi connectivity index (χ0) is 32.3. The fourth-order valence-corrected chi connectivity index (χ4v) is 4.68. The van der Waals surface area contributed by atoms with E-state index in [1.165, 1.54) is 0 Å². The number of anilines is 2. The van der Waals surface area contributed by atoms with Crippen LogP contribution in [0.4, 0.5) is 11.6 Å². The third-order valence-corrected chi connectivity index (χ3v) is 6.87. The molecule has 1 atom stereocenters. The lowest BCUT2D eigenvalue weighted by Crippen LogP contribution is -2.42. The molecule has 0 saturated carbocycles. The lowest BCUT2D eigenvalue weighted by Gasteiger charge is -2.25. The molecule has 1 amide bonds. The largest absolute Gasteiger partial charge is 0.493 e. The number of nitrogens with zero attached hydrogens (tertiary/aromatic N) is 3. The van der Waals surface area contributed by atoms with Crippen molar-refractivity contribution >= 4 is 46.2 Å². The number of amides is 1. The van der Waals surface area contributed by atoms with E-state index < -0.39 is 23.9 Å². The summed E-state index contributed by atoms with van der Waals surface area (Å²) in [4.78, 5) is 60.5. The summed E-state index contributed by atoms with van der Waals surface area (Å²) in [5.74, 6) is -2.05. The molecule has 12 heteroatoms. The van der Waals surface area contributed by atoms with Crippen LogP contribution >= 0.6 is 0 Å². The summed E-state index contributed by atoms with van der Waals surface area (Å²) in [6, 6.07) is 19.7. The molecule has 0 unspecified atom stereocenters. The summed E-state index contributed by atoms with van der Waals surface area (Å²) in [6.45, 7) is 3.97. The summed E-state index contributed by atoms with van der Waals surface area (Å²) < 4.78 is 10.0. The van der Waals surface area contributed by atoms with E-state index in [0.717, 1.165) is 5.56 Å². The van der Waals surface area contributed by atoms with Gasteiger partial charge in [-0.15, -0.1) is 0 Å². The van der Waals surface area contributed by atoms with E-state index in [0.29, 0.717) is 22.2 Å². The van der Waals surface area contributed by atoms with Crippen LogP contribution in [-0.4, -0.2) is 64.5 Å². The van der Waals surface area contributed by atoms with E-state index in [9.17, 15) is 24.3 Å². The first kappa shape index (κ1) is 32.4. The molecule has 0 aliphatic carbocycles. The number of esters is 2. The lowest BCUT2D eigenvalue weighted by atomic mass is 10.1. The number of rotatable bonds is 14. The SMILES string of the molecule is CCOC(=O)CC[C@@H](NC(=O)c1ccc(N(CC(=O)c2ccccc2)Cc2ccc3nc(N)nc(O)c3c2)cc1)C(=O)OCC. The van der Waals surface area contributed by atoms with E-state index in [4.69, 9.17) is 15.2 Å². The van der Waals surface area contributed by atoms with Crippen LogP contribution in [0.25, 0.3) is 10.9 Å². The number of benzene rings is 3. The van der Waals surface area contributed by atoms with Gasteiger partial charge in [-0.25, -0.2) is 9.78 Å². The highest BCUT2D eigenvalue weighted by Gasteiger charge is 2.24. The van der Waals surface area contributed by atoms with Crippen LogP contribution in [0.1, 0.15) is 53.0 Å². The number of ether oxygens (including phenoxy) is 2. The smallest absolute Gasteiger partial charge is 0.328 e. The molecule has 1 heterocycles. The molecule has 0 aliphatic heterocycles. The van der Waals surface area contributed by atoms with Crippen LogP contribution in [0.15, 0.2) is 72.8 Å². The number of carbonyl (C=O) groups is 4. The molecule has 0 bridgehead atoms. The first-order chi connectivity index (χ1) is 21.7. The fraction of sp³-hybridized carbons (Fsp3) is 0.273. The Morgan fingerprint density at radius 2 is 1.62 bits per heavy atom. The normalized spacial score (nSPS) is 11.4. The topological polar surface area (TPSA) is 174 Å². The highest BCUT2D eigenvalue weighted by molar-refractivity contribution is 6.00. The summed E-state index contributed by atoms with van der Waals surface area (Å²) in [7, 11) is 0. The van der Waals surface area contributed by atoms with Crippen molar-refractivity contribution in [1.29, 1.82) is 0 Å². The number of aromatic nitrogens is 2. The third-order valence-electron chi connectivity index (χ3n) is 6.87. The van der Waals surface area contributed by atoms with Crippen molar-refractivity contribution in [3.63, 3.8) is 0 Å². The van der Waals surface area contributed by atoms with Gasteiger partial charge in [-0.1, -0.05) is 36.4 Å². The summed E-state index contributed by atoms with van der Waals surface area (Å²) in [5, 5.41) is 13.4. The first-order valence-corrected chi connectivity index (χ1v) is 14.5. The van der Waals surface area contributed by atoms with E-state index in [1.54, 1.807) is 74.5 Å². The monoisotopic (exact) mass is 613 g/mol. The Kier molecular flexibility index (Phi) is 11.0. The van der Waals surface area contributed by atoms with Crippen molar-refractivity contribution in [3.05, 3.63) is 89.5 Å². The molecule has 1 aromatic heterocycles. The molecule has 4 N–H and O–H groups in total. The van der Waals surface area contributed by atoms with E-state index in [2.05, 4.69) is 15.3 Å². The molecule has 45 heavy (non-hydrogen) atoms. The van der Waals surface area contributed by atoms with Crippen LogP contribution < -0.4 is 16.0 Å². The molecule has 4 aromatic rings. The second kappa shape index (κ2) is 15.3. The van der Waals surface area contributed by atoms with Crippen molar-refractivity contribution < 1.29 is 33.8 Å². The number of hydrogen-bond donors (Lipinski definition) is 3. The number of ketones is 1. The quantitative estimate of drug-likeness (QED) is 0.139. The van der Waals surface area contributed by atoms with Crippen LogP contribution in [-0.2, 0) is 25.6 Å². The minimum Gasteiger partial charge on any atom is -0.493 e. The van der Waals surface area contributed by atoms with Gasteiger partial charge in [-0.2, -0.15) is 4.98 Å². The third kappa shape index (κ3) is 8.75. The molecule has 12 nitrogen and oxygen atoms in total. The van der Waals surface area contributed by atoms with Crippen LogP contribution in [0, 0.1) is 0 Å². The molecule has 0 radical (unpaired) electrons. The van der Waals surface area contributed by atoms with Crippen molar-refractivity contribution in [3.8, 4) is 5.88 Å².